The SMILES string of the molecule is CCCn1ccc2nc(N3CCc4ccccc4C3)ncc2c1=O. The van der Waals surface area contributed by atoms with Crippen molar-refractivity contribution in [3.63, 3.8) is 0 Å². The van der Waals surface area contributed by atoms with Crippen LogP contribution in [0.1, 0.15) is 24.5 Å². The molecule has 0 aliphatic carbocycles. The number of pyridine rings is 1. The average molecular weight is 320 g/mol. The first-order valence-electron chi connectivity index (χ1n) is 8.44. The lowest BCUT2D eigenvalue weighted by molar-refractivity contribution is 0.658. The third-order valence-corrected chi connectivity index (χ3v) is 4.59. The Balaban J connectivity index is 1.69. The molecule has 0 saturated heterocycles. The Kier molecular flexibility index (Phi) is 3.76. The lowest BCUT2D eigenvalue weighted by Gasteiger charge is -2.28. The summed E-state index contributed by atoms with van der Waals surface area (Å²) in [7, 11) is 0. The van der Waals surface area contributed by atoms with Crippen LogP contribution in [0.2, 0.25) is 0 Å². The standard InChI is InChI=1S/C19H20N4O/c1-2-9-22-11-8-17-16(18(22)24)12-20-19(21-17)23-10-7-14-5-3-4-6-15(14)13-23/h3-6,8,11-12H,2,7,9-10,13H2,1H3. The predicted molar refractivity (Wildman–Crippen MR) is 95.3 cm³/mol. The van der Waals surface area contributed by atoms with Crippen LogP contribution >= 0.6 is 0 Å². The van der Waals surface area contributed by atoms with Gasteiger partial charge >= 0.3 is 0 Å². The number of aryl methyl sites for hydroxylation is 1. The van der Waals surface area contributed by atoms with Gasteiger partial charge in [-0.25, -0.2) is 9.97 Å². The number of rotatable bonds is 3. The summed E-state index contributed by atoms with van der Waals surface area (Å²) in [5, 5.41) is 0.590. The van der Waals surface area contributed by atoms with Gasteiger partial charge in [0.25, 0.3) is 5.56 Å². The van der Waals surface area contributed by atoms with E-state index in [1.807, 2.05) is 12.3 Å². The van der Waals surface area contributed by atoms with Crippen LogP contribution in [0.25, 0.3) is 10.9 Å². The molecule has 5 heteroatoms. The van der Waals surface area contributed by atoms with E-state index >= 15 is 0 Å². The lowest BCUT2D eigenvalue weighted by Crippen LogP contribution is -2.32. The molecule has 24 heavy (non-hydrogen) atoms. The van der Waals surface area contributed by atoms with Gasteiger partial charge in [-0.15, -0.1) is 0 Å². The maximum Gasteiger partial charge on any atom is 0.261 e. The molecule has 0 radical (unpaired) electrons. The Morgan fingerprint density at radius 3 is 2.83 bits per heavy atom. The van der Waals surface area contributed by atoms with Gasteiger partial charge in [-0.3, -0.25) is 4.79 Å². The quantitative estimate of drug-likeness (QED) is 0.744. The summed E-state index contributed by atoms with van der Waals surface area (Å²) in [5.41, 5.74) is 3.43. The summed E-state index contributed by atoms with van der Waals surface area (Å²) in [6.45, 7) is 4.49. The molecule has 3 aromatic rings. The molecule has 0 saturated carbocycles. The Bertz CT molecular complexity index is 947. The zero-order valence-electron chi connectivity index (χ0n) is 13.8. The van der Waals surface area contributed by atoms with Crippen LogP contribution < -0.4 is 10.5 Å². The van der Waals surface area contributed by atoms with Crippen molar-refractivity contribution in [3.05, 3.63) is 64.2 Å². The van der Waals surface area contributed by atoms with E-state index in [0.717, 1.165) is 38.0 Å². The van der Waals surface area contributed by atoms with Crippen LogP contribution in [-0.2, 0) is 19.5 Å². The van der Waals surface area contributed by atoms with Crippen molar-refractivity contribution >= 4 is 16.9 Å². The normalized spacial score (nSPS) is 14.0. The predicted octanol–water partition coefficient (Wildman–Crippen LogP) is 2.76. The smallest absolute Gasteiger partial charge is 0.261 e. The summed E-state index contributed by atoms with van der Waals surface area (Å²) in [5.74, 6) is 0.699. The van der Waals surface area contributed by atoms with Gasteiger partial charge in [0.2, 0.25) is 5.95 Å². The fraction of sp³-hybridized carbons (Fsp3) is 0.316. The van der Waals surface area contributed by atoms with Gasteiger partial charge < -0.3 is 9.47 Å². The molecule has 0 bridgehead atoms. The van der Waals surface area contributed by atoms with E-state index in [-0.39, 0.29) is 5.56 Å². The van der Waals surface area contributed by atoms with Crippen molar-refractivity contribution in [3.8, 4) is 0 Å². The lowest BCUT2D eigenvalue weighted by atomic mass is 10.0. The molecular weight excluding hydrogens is 300 g/mol. The zero-order valence-corrected chi connectivity index (χ0v) is 13.8. The van der Waals surface area contributed by atoms with Crippen LogP contribution in [0, 0.1) is 0 Å². The molecule has 0 amide bonds. The molecule has 122 valence electrons. The molecule has 5 nitrogen and oxygen atoms in total. The molecule has 1 aliphatic heterocycles. The number of nitrogens with zero attached hydrogens (tertiary/aromatic N) is 4. The maximum absolute atomic E-state index is 12.4. The summed E-state index contributed by atoms with van der Waals surface area (Å²) < 4.78 is 1.72. The van der Waals surface area contributed by atoms with E-state index in [9.17, 15) is 4.79 Å². The van der Waals surface area contributed by atoms with Crippen LogP contribution in [0.5, 0.6) is 0 Å². The number of hydrogen-bond donors (Lipinski definition) is 0. The van der Waals surface area contributed by atoms with E-state index in [2.05, 4.69) is 46.1 Å². The summed E-state index contributed by atoms with van der Waals surface area (Å²) in [6.07, 6.45) is 5.43. The monoisotopic (exact) mass is 320 g/mol. The molecule has 0 unspecified atom stereocenters. The van der Waals surface area contributed by atoms with Crippen LogP contribution in [0.3, 0.4) is 0 Å². The van der Waals surface area contributed by atoms with Crippen LogP contribution in [0.4, 0.5) is 5.95 Å². The van der Waals surface area contributed by atoms with Gasteiger partial charge in [0.15, 0.2) is 0 Å². The van der Waals surface area contributed by atoms with Crippen molar-refractivity contribution in [2.45, 2.75) is 32.9 Å². The van der Waals surface area contributed by atoms with Crippen LogP contribution in [-0.4, -0.2) is 21.1 Å². The highest BCUT2D eigenvalue weighted by molar-refractivity contribution is 5.77. The average Bonchev–Trinajstić information content (AvgIpc) is 2.63. The highest BCUT2D eigenvalue weighted by Crippen LogP contribution is 2.22. The van der Waals surface area contributed by atoms with Gasteiger partial charge in [-0.05, 0) is 30.0 Å². The second-order valence-electron chi connectivity index (χ2n) is 6.22. The largest absolute Gasteiger partial charge is 0.336 e. The molecule has 0 N–H and O–H groups in total. The first-order chi connectivity index (χ1) is 11.8. The number of fused-ring (bicyclic) bond motifs is 2. The van der Waals surface area contributed by atoms with Crippen molar-refractivity contribution in [2.75, 3.05) is 11.4 Å². The topological polar surface area (TPSA) is 51.0 Å². The first-order valence-corrected chi connectivity index (χ1v) is 8.44. The molecular formula is C19H20N4O. The Morgan fingerprint density at radius 1 is 1.17 bits per heavy atom. The minimum Gasteiger partial charge on any atom is -0.336 e. The minimum atomic E-state index is -0.00936. The molecule has 0 atom stereocenters. The molecule has 3 heterocycles. The van der Waals surface area contributed by atoms with Crippen molar-refractivity contribution < 1.29 is 0 Å². The van der Waals surface area contributed by atoms with Crippen molar-refractivity contribution in [1.29, 1.82) is 0 Å². The molecule has 0 spiro atoms. The molecule has 2 aromatic heterocycles. The second kappa shape index (κ2) is 6.07. The fourth-order valence-corrected chi connectivity index (χ4v) is 3.30. The van der Waals surface area contributed by atoms with Crippen molar-refractivity contribution in [1.82, 2.24) is 14.5 Å². The number of hydrogen-bond acceptors (Lipinski definition) is 4. The molecule has 4 rings (SSSR count). The van der Waals surface area contributed by atoms with Gasteiger partial charge in [0, 0.05) is 32.0 Å². The maximum atomic E-state index is 12.4. The Labute approximate surface area is 140 Å². The van der Waals surface area contributed by atoms with Gasteiger partial charge in [-0.2, -0.15) is 0 Å². The van der Waals surface area contributed by atoms with Crippen LogP contribution in [0.15, 0.2) is 47.5 Å². The second-order valence-corrected chi connectivity index (χ2v) is 6.22. The van der Waals surface area contributed by atoms with E-state index in [1.165, 1.54) is 11.1 Å². The summed E-state index contributed by atoms with van der Waals surface area (Å²) >= 11 is 0. The Morgan fingerprint density at radius 2 is 2.00 bits per heavy atom. The van der Waals surface area contributed by atoms with E-state index in [0.29, 0.717) is 11.3 Å². The number of benzene rings is 1. The number of aromatic nitrogens is 3. The number of anilines is 1. The molecule has 1 aliphatic rings. The molecule has 1 aromatic carbocycles. The van der Waals surface area contributed by atoms with Crippen molar-refractivity contribution in [2.24, 2.45) is 0 Å². The highest BCUT2D eigenvalue weighted by Gasteiger charge is 2.18. The van der Waals surface area contributed by atoms with E-state index in [1.54, 1.807) is 10.8 Å². The minimum absolute atomic E-state index is 0.00936. The summed E-state index contributed by atoms with van der Waals surface area (Å²) in [4.78, 5) is 23.7. The van der Waals surface area contributed by atoms with Gasteiger partial charge in [0.1, 0.15) is 0 Å². The first kappa shape index (κ1) is 14.9. The van der Waals surface area contributed by atoms with E-state index in [4.69, 9.17) is 0 Å². The van der Waals surface area contributed by atoms with E-state index < -0.39 is 0 Å². The Hall–Kier alpha value is -2.69. The third-order valence-electron chi connectivity index (χ3n) is 4.59. The molecule has 0 fully saturated rings. The van der Waals surface area contributed by atoms with Gasteiger partial charge in [0.05, 0.1) is 10.9 Å². The fourth-order valence-electron chi connectivity index (χ4n) is 3.30. The zero-order chi connectivity index (χ0) is 16.5. The van der Waals surface area contributed by atoms with Gasteiger partial charge in [-0.1, -0.05) is 31.2 Å². The summed E-state index contributed by atoms with van der Waals surface area (Å²) in [6, 6.07) is 10.4. The highest BCUT2D eigenvalue weighted by atomic mass is 16.1. The third kappa shape index (κ3) is 2.56.